The van der Waals surface area contributed by atoms with Crippen molar-refractivity contribution in [3.05, 3.63) is 55.6 Å². The van der Waals surface area contributed by atoms with Gasteiger partial charge in [-0.05, 0) is 46.5 Å². The number of ketones is 2. The van der Waals surface area contributed by atoms with Gasteiger partial charge >= 0.3 is 0 Å². The van der Waals surface area contributed by atoms with Crippen molar-refractivity contribution in [2.75, 3.05) is 14.2 Å². The minimum Gasteiger partial charge on any atom is -0.496 e. The summed E-state index contributed by atoms with van der Waals surface area (Å²) in [6.45, 7) is 4.95. The van der Waals surface area contributed by atoms with Crippen LogP contribution in [0.25, 0.3) is 11.3 Å². The van der Waals surface area contributed by atoms with Gasteiger partial charge in [0.05, 0.1) is 48.4 Å². The quantitative estimate of drug-likeness (QED) is 0.317. The monoisotopic (exact) mass is 561 g/mol. The van der Waals surface area contributed by atoms with Crippen LogP contribution in [0.1, 0.15) is 52.1 Å². The fourth-order valence-electron chi connectivity index (χ4n) is 3.91. The Morgan fingerprint density at radius 1 is 0.969 bits per heavy atom. The van der Waals surface area contributed by atoms with E-state index in [9.17, 15) is 9.59 Å². The molecule has 0 radical (unpaired) electrons. The largest absolute Gasteiger partial charge is 0.496 e. The first-order valence-electron chi connectivity index (χ1n) is 10.0. The molecule has 0 bridgehead atoms. The zero-order valence-electron chi connectivity index (χ0n) is 18.0. The van der Waals surface area contributed by atoms with E-state index >= 15 is 0 Å². The Balaban J connectivity index is 1.97. The molecular weight excluding hydrogens is 542 g/mol. The van der Waals surface area contributed by atoms with E-state index in [-0.39, 0.29) is 33.8 Å². The number of ether oxygens (including phenoxy) is 2. The Bertz CT molecular complexity index is 1250. The van der Waals surface area contributed by atoms with Crippen molar-refractivity contribution in [2.24, 2.45) is 5.92 Å². The second-order valence-electron chi connectivity index (χ2n) is 7.87. The second kappa shape index (κ2) is 8.78. The van der Waals surface area contributed by atoms with Gasteiger partial charge in [0.25, 0.3) is 0 Å². The van der Waals surface area contributed by atoms with E-state index < -0.39 is 0 Å². The van der Waals surface area contributed by atoms with E-state index in [2.05, 4.69) is 56.0 Å². The van der Waals surface area contributed by atoms with E-state index in [1.165, 1.54) is 14.2 Å². The standard InChI is InChI=1S/C23H21Br2N3O4/c1-11(2)7-8-28-15(10-26-27-28)12-9-14(25)18-20(23(12)32-4)22(30)19-16(31-3)6-5-13(24)17(19)21(18)29/h5-6,9-11H,7-8H2,1-4H3. The van der Waals surface area contributed by atoms with Crippen LogP contribution in [0.5, 0.6) is 11.5 Å². The Morgan fingerprint density at radius 2 is 1.66 bits per heavy atom. The molecule has 4 rings (SSSR count). The summed E-state index contributed by atoms with van der Waals surface area (Å²) in [5, 5.41) is 8.27. The average Bonchev–Trinajstić information content (AvgIpc) is 3.23. The normalized spacial score (nSPS) is 12.7. The third-order valence-electron chi connectivity index (χ3n) is 5.49. The number of benzene rings is 2. The Hall–Kier alpha value is -2.52. The molecule has 2 aromatic carbocycles. The number of aryl methyl sites for hydroxylation is 1. The smallest absolute Gasteiger partial charge is 0.202 e. The van der Waals surface area contributed by atoms with E-state index in [0.717, 1.165) is 6.42 Å². The van der Waals surface area contributed by atoms with E-state index in [0.29, 0.717) is 44.2 Å². The van der Waals surface area contributed by atoms with E-state index in [1.54, 1.807) is 29.1 Å². The summed E-state index contributed by atoms with van der Waals surface area (Å²) in [7, 11) is 2.96. The highest BCUT2D eigenvalue weighted by Crippen LogP contribution is 2.46. The van der Waals surface area contributed by atoms with Crippen molar-refractivity contribution in [3.8, 4) is 22.8 Å². The molecule has 0 unspecified atom stereocenters. The van der Waals surface area contributed by atoms with Gasteiger partial charge in [0, 0.05) is 21.1 Å². The molecule has 1 heterocycles. The molecule has 9 heteroatoms. The zero-order chi connectivity index (χ0) is 23.2. The van der Waals surface area contributed by atoms with Crippen LogP contribution in [-0.4, -0.2) is 40.8 Å². The molecule has 0 saturated heterocycles. The number of rotatable bonds is 6. The maximum Gasteiger partial charge on any atom is 0.202 e. The van der Waals surface area contributed by atoms with Crippen molar-refractivity contribution in [1.29, 1.82) is 0 Å². The van der Waals surface area contributed by atoms with E-state index in [1.807, 2.05) is 0 Å². The number of carbonyl (C=O) groups excluding carboxylic acids is 2. The summed E-state index contributed by atoms with van der Waals surface area (Å²) in [4.78, 5) is 27.3. The molecule has 32 heavy (non-hydrogen) atoms. The summed E-state index contributed by atoms with van der Waals surface area (Å²) in [6, 6.07) is 5.15. The van der Waals surface area contributed by atoms with Gasteiger partial charge in [0.2, 0.25) is 5.78 Å². The summed E-state index contributed by atoms with van der Waals surface area (Å²) >= 11 is 6.94. The highest BCUT2D eigenvalue weighted by atomic mass is 79.9. The number of methoxy groups -OCH3 is 2. The van der Waals surface area contributed by atoms with Crippen molar-refractivity contribution in [1.82, 2.24) is 15.0 Å². The number of halogens is 2. The zero-order valence-corrected chi connectivity index (χ0v) is 21.2. The molecule has 0 atom stereocenters. The fourth-order valence-corrected chi connectivity index (χ4v) is 5.03. The Labute approximate surface area is 202 Å². The molecule has 1 aliphatic carbocycles. The van der Waals surface area contributed by atoms with Gasteiger partial charge in [-0.3, -0.25) is 9.59 Å². The number of fused-ring (bicyclic) bond motifs is 2. The summed E-state index contributed by atoms with van der Waals surface area (Å²) < 4.78 is 14.0. The SMILES string of the molecule is COc1ccc(Br)c2c1C(=O)c1c(OC)c(-c3cnnn3CCC(C)C)cc(Br)c1C2=O. The van der Waals surface area contributed by atoms with Gasteiger partial charge in [0.1, 0.15) is 11.5 Å². The molecular formula is C23H21Br2N3O4. The maximum atomic E-state index is 13.7. The summed E-state index contributed by atoms with van der Waals surface area (Å²) in [5.74, 6) is 0.504. The van der Waals surface area contributed by atoms with Crippen molar-refractivity contribution in [3.63, 3.8) is 0 Å². The van der Waals surface area contributed by atoms with Crippen LogP contribution >= 0.6 is 31.9 Å². The Morgan fingerprint density at radius 3 is 2.31 bits per heavy atom. The number of hydrogen-bond acceptors (Lipinski definition) is 6. The first-order valence-corrected chi connectivity index (χ1v) is 11.6. The molecule has 1 aliphatic rings. The van der Waals surface area contributed by atoms with E-state index in [4.69, 9.17) is 9.47 Å². The van der Waals surface area contributed by atoms with Crippen LogP contribution in [0.3, 0.4) is 0 Å². The first kappa shape index (κ1) is 22.7. The Kier molecular flexibility index (Phi) is 6.22. The van der Waals surface area contributed by atoms with Crippen LogP contribution < -0.4 is 9.47 Å². The highest BCUT2D eigenvalue weighted by molar-refractivity contribution is 9.11. The second-order valence-corrected chi connectivity index (χ2v) is 9.58. The molecule has 0 aliphatic heterocycles. The molecule has 1 aromatic heterocycles. The fraction of sp³-hybridized carbons (Fsp3) is 0.304. The third kappa shape index (κ3) is 3.57. The molecule has 0 fully saturated rings. The predicted octanol–water partition coefficient (Wildman–Crippen LogP) is 5.31. The lowest BCUT2D eigenvalue weighted by Crippen LogP contribution is -2.24. The lowest BCUT2D eigenvalue weighted by atomic mass is 9.82. The number of carbonyl (C=O) groups is 2. The summed E-state index contributed by atoms with van der Waals surface area (Å²) in [5.41, 5.74) is 2.29. The van der Waals surface area contributed by atoms with Gasteiger partial charge in [-0.1, -0.05) is 35.0 Å². The average molecular weight is 563 g/mol. The van der Waals surface area contributed by atoms with Crippen LogP contribution in [0.2, 0.25) is 0 Å². The highest BCUT2D eigenvalue weighted by Gasteiger charge is 2.39. The van der Waals surface area contributed by atoms with Crippen LogP contribution in [0, 0.1) is 5.92 Å². The summed E-state index contributed by atoms with van der Waals surface area (Å²) in [6.07, 6.45) is 2.55. The molecule has 0 spiro atoms. The maximum absolute atomic E-state index is 13.7. The molecule has 0 saturated carbocycles. The van der Waals surface area contributed by atoms with Crippen LogP contribution in [0.4, 0.5) is 0 Å². The molecule has 166 valence electrons. The van der Waals surface area contributed by atoms with Gasteiger partial charge in [0.15, 0.2) is 5.78 Å². The van der Waals surface area contributed by atoms with Gasteiger partial charge in [-0.2, -0.15) is 0 Å². The van der Waals surface area contributed by atoms with Gasteiger partial charge in [-0.15, -0.1) is 5.10 Å². The molecule has 3 aromatic rings. The lowest BCUT2D eigenvalue weighted by molar-refractivity contribution is 0.0973. The third-order valence-corrected chi connectivity index (χ3v) is 6.78. The predicted molar refractivity (Wildman–Crippen MR) is 127 cm³/mol. The minimum atomic E-state index is -0.339. The van der Waals surface area contributed by atoms with Crippen molar-refractivity contribution < 1.29 is 19.1 Å². The van der Waals surface area contributed by atoms with Gasteiger partial charge < -0.3 is 9.47 Å². The molecule has 0 amide bonds. The lowest BCUT2D eigenvalue weighted by Gasteiger charge is -2.25. The molecule has 0 N–H and O–H groups in total. The van der Waals surface area contributed by atoms with Gasteiger partial charge in [-0.25, -0.2) is 4.68 Å². The number of aromatic nitrogens is 3. The minimum absolute atomic E-state index is 0.197. The topological polar surface area (TPSA) is 83.3 Å². The van der Waals surface area contributed by atoms with Crippen molar-refractivity contribution in [2.45, 2.75) is 26.8 Å². The molecule has 7 nitrogen and oxygen atoms in total. The van der Waals surface area contributed by atoms with Crippen LogP contribution in [-0.2, 0) is 6.54 Å². The number of hydrogen-bond donors (Lipinski definition) is 0. The number of nitrogens with zero attached hydrogens (tertiary/aromatic N) is 3. The van der Waals surface area contributed by atoms with Crippen molar-refractivity contribution >= 4 is 43.4 Å². The van der Waals surface area contributed by atoms with Crippen LogP contribution in [0.15, 0.2) is 33.3 Å². The first-order chi connectivity index (χ1) is 15.3.